The zero-order valence-corrected chi connectivity index (χ0v) is 11.5. The normalized spacial score (nSPS) is 10.1. The number of aromatic nitrogens is 2. The van der Waals surface area contributed by atoms with E-state index in [1.807, 2.05) is 35.0 Å². The topological polar surface area (TPSA) is 56.6 Å². The Hall–Kier alpha value is -2.50. The molecule has 1 aromatic carbocycles. The molecule has 1 heterocycles. The number of rotatable bonds is 5. The SMILES string of the molecule is CN(C)C(=O)OCOc1ccccc1Cn1ccnc1. The number of imidazole rings is 1. The molecule has 2 aromatic rings. The summed E-state index contributed by atoms with van der Waals surface area (Å²) in [5.74, 6) is 0.688. The molecule has 0 radical (unpaired) electrons. The van der Waals surface area contributed by atoms with Gasteiger partial charge in [0, 0.05) is 32.1 Å². The second kappa shape index (κ2) is 6.60. The molecule has 0 aliphatic rings. The van der Waals surface area contributed by atoms with E-state index in [2.05, 4.69) is 4.98 Å². The molecule has 1 amide bonds. The second-order valence-corrected chi connectivity index (χ2v) is 4.41. The van der Waals surface area contributed by atoms with Crippen LogP contribution in [0.3, 0.4) is 0 Å². The number of para-hydroxylation sites is 1. The highest BCUT2D eigenvalue weighted by Gasteiger charge is 2.07. The van der Waals surface area contributed by atoms with E-state index >= 15 is 0 Å². The number of amides is 1. The van der Waals surface area contributed by atoms with Gasteiger partial charge in [-0.2, -0.15) is 0 Å². The lowest BCUT2D eigenvalue weighted by Crippen LogP contribution is -2.24. The highest BCUT2D eigenvalue weighted by atomic mass is 16.7. The molecule has 0 spiro atoms. The maximum atomic E-state index is 11.3. The van der Waals surface area contributed by atoms with E-state index in [1.54, 1.807) is 26.6 Å². The van der Waals surface area contributed by atoms with Gasteiger partial charge >= 0.3 is 6.09 Å². The van der Waals surface area contributed by atoms with Crippen LogP contribution in [0.25, 0.3) is 0 Å². The average Bonchev–Trinajstić information content (AvgIpc) is 2.93. The van der Waals surface area contributed by atoms with Crippen molar-refractivity contribution in [3.8, 4) is 5.75 Å². The van der Waals surface area contributed by atoms with Crippen LogP contribution in [-0.2, 0) is 11.3 Å². The van der Waals surface area contributed by atoms with Crippen molar-refractivity contribution in [1.29, 1.82) is 0 Å². The Morgan fingerprint density at radius 1 is 1.35 bits per heavy atom. The molecule has 1 aromatic heterocycles. The number of hydrogen-bond acceptors (Lipinski definition) is 4. The molecule has 106 valence electrons. The maximum Gasteiger partial charge on any atom is 0.412 e. The Balaban J connectivity index is 1.96. The summed E-state index contributed by atoms with van der Waals surface area (Å²) in [7, 11) is 3.24. The molecule has 0 saturated heterocycles. The van der Waals surface area contributed by atoms with Crippen molar-refractivity contribution in [1.82, 2.24) is 14.5 Å². The predicted molar refractivity (Wildman–Crippen MR) is 73.4 cm³/mol. The van der Waals surface area contributed by atoms with Gasteiger partial charge in [0.05, 0.1) is 12.9 Å². The number of ether oxygens (including phenoxy) is 2. The smallest absolute Gasteiger partial charge is 0.412 e. The molecule has 0 saturated carbocycles. The standard InChI is InChI=1S/C14H17N3O3/c1-16(2)14(18)20-11-19-13-6-4-3-5-12(13)9-17-8-7-15-10-17/h3-8,10H,9,11H2,1-2H3. The van der Waals surface area contributed by atoms with Crippen LogP contribution in [0.1, 0.15) is 5.56 Å². The first kappa shape index (κ1) is 13.9. The highest BCUT2D eigenvalue weighted by Crippen LogP contribution is 2.19. The largest absolute Gasteiger partial charge is 0.457 e. The summed E-state index contributed by atoms with van der Waals surface area (Å²) in [5.41, 5.74) is 0.992. The van der Waals surface area contributed by atoms with Gasteiger partial charge in [-0.25, -0.2) is 9.78 Å². The highest BCUT2D eigenvalue weighted by molar-refractivity contribution is 5.66. The average molecular weight is 275 g/mol. The van der Waals surface area contributed by atoms with E-state index in [0.717, 1.165) is 5.56 Å². The van der Waals surface area contributed by atoms with E-state index < -0.39 is 6.09 Å². The van der Waals surface area contributed by atoms with E-state index in [1.165, 1.54) is 4.90 Å². The molecular formula is C14H17N3O3. The lowest BCUT2D eigenvalue weighted by Gasteiger charge is -2.14. The van der Waals surface area contributed by atoms with Crippen molar-refractivity contribution in [2.45, 2.75) is 6.54 Å². The minimum atomic E-state index is -0.433. The number of nitrogens with zero attached hydrogens (tertiary/aromatic N) is 3. The van der Waals surface area contributed by atoms with E-state index in [9.17, 15) is 4.79 Å². The third kappa shape index (κ3) is 3.74. The molecule has 20 heavy (non-hydrogen) atoms. The molecule has 6 heteroatoms. The monoisotopic (exact) mass is 275 g/mol. The molecule has 6 nitrogen and oxygen atoms in total. The molecule has 2 rings (SSSR count). The fraction of sp³-hybridized carbons (Fsp3) is 0.286. The Labute approximate surface area is 117 Å². The summed E-state index contributed by atoms with van der Waals surface area (Å²) in [6, 6.07) is 7.62. The number of benzene rings is 1. The van der Waals surface area contributed by atoms with Gasteiger partial charge in [-0.15, -0.1) is 0 Å². The molecule has 0 bridgehead atoms. The first-order chi connectivity index (χ1) is 9.66. The van der Waals surface area contributed by atoms with E-state index in [-0.39, 0.29) is 6.79 Å². The van der Waals surface area contributed by atoms with Crippen molar-refractivity contribution >= 4 is 6.09 Å². The number of carbonyl (C=O) groups excluding carboxylic acids is 1. The number of carbonyl (C=O) groups is 1. The molecule has 0 aliphatic carbocycles. The van der Waals surface area contributed by atoms with Gasteiger partial charge in [-0.05, 0) is 6.07 Å². The van der Waals surface area contributed by atoms with Gasteiger partial charge < -0.3 is 18.9 Å². The first-order valence-corrected chi connectivity index (χ1v) is 6.17. The van der Waals surface area contributed by atoms with Crippen LogP contribution in [0.2, 0.25) is 0 Å². The van der Waals surface area contributed by atoms with Crippen LogP contribution >= 0.6 is 0 Å². The fourth-order valence-corrected chi connectivity index (χ4v) is 1.62. The summed E-state index contributed by atoms with van der Waals surface area (Å²) in [6.45, 7) is 0.537. The second-order valence-electron chi connectivity index (χ2n) is 4.41. The van der Waals surface area contributed by atoms with Crippen LogP contribution in [0.15, 0.2) is 43.0 Å². The van der Waals surface area contributed by atoms with Crippen molar-refractivity contribution in [2.24, 2.45) is 0 Å². The maximum absolute atomic E-state index is 11.3. The zero-order valence-electron chi connectivity index (χ0n) is 11.5. The quantitative estimate of drug-likeness (QED) is 0.783. The van der Waals surface area contributed by atoms with Crippen LogP contribution in [0, 0.1) is 0 Å². The van der Waals surface area contributed by atoms with Crippen LogP contribution < -0.4 is 4.74 Å². The molecule has 0 unspecified atom stereocenters. The van der Waals surface area contributed by atoms with Crippen LogP contribution in [0.5, 0.6) is 5.75 Å². The fourth-order valence-electron chi connectivity index (χ4n) is 1.62. The molecule has 0 atom stereocenters. The summed E-state index contributed by atoms with van der Waals surface area (Å²) in [6.07, 6.45) is 4.91. The zero-order chi connectivity index (χ0) is 14.4. The van der Waals surface area contributed by atoms with Crippen molar-refractivity contribution in [2.75, 3.05) is 20.9 Å². The van der Waals surface area contributed by atoms with Crippen LogP contribution in [-0.4, -0.2) is 41.4 Å². The minimum absolute atomic E-state index is 0.113. The lowest BCUT2D eigenvalue weighted by atomic mass is 10.2. The molecule has 0 aliphatic heterocycles. The first-order valence-electron chi connectivity index (χ1n) is 6.17. The summed E-state index contributed by atoms with van der Waals surface area (Å²) >= 11 is 0. The van der Waals surface area contributed by atoms with Gasteiger partial charge in [0.15, 0.2) is 0 Å². The Morgan fingerprint density at radius 2 is 2.15 bits per heavy atom. The number of hydrogen-bond donors (Lipinski definition) is 0. The van der Waals surface area contributed by atoms with Crippen molar-refractivity contribution < 1.29 is 14.3 Å². The summed E-state index contributed by atoms with van der Waals surface area (Å²) in [5, 5.41) is 0. The van der Waals surface area contributed by atoms with Crippen LogP contribution in [0.4, 0.5) is 4.79 Å². The van der Waals surface area contributed by atoms with Gasteiger partial charge in [-0.1, -0.05) is 18.2 Å². The van der Waals surface area contributed by atoms with Gasteiger partial charge in [0.1, 0.15) is 5.75 Å². The minimum Gasteiger partial charge on any atom is -0.457 e. The third-order valence-electron chi connectivity index (χ3n) is 2.65. The van der Waals surface area contributed by atoms with Gasteiger partial charge in [-0.3, -0.25) is 0 Å². The lowest BCUT2D eigenvalue weighted by molar-refractivity contribution is 0.0427. The molecular weight excluding hydrogens is 258 g/mol. The summed E-state index contributed by atoms with van der Waals surface area (Å²) < 4.78 is 12.4. The van der Waals surface area contributed by atoms with Gasteiger partial charge in [0.2, 0.25) is 6.79 Å². The van der Waals surface area contributed by atoms with Crippen molar-refractivity contribution in [3.05, 3.63) is 48.5 Å². The third-order valence-corrected chi connectivity index (χ3v) is 2.65. The molecule has 0 N–H and O–H groups in total. The Morgan fingerprint density at radius 3 is 2.85 bits per heavy atom. The summed E-state index contributed by atoms with van der Waals surface area (Å²) in [4.78, 5) is 16.6. The van der Waals surface area contributed by atoms with E-state index in [4.69, 9.17) is 9.47 Å². The Bertz CT molecular complexity index is 553. The predicted octanol–water partition coefficient (Wildman–Crippen LogP) is 1.97. The van der Waals surface area contributed by atoms with Crippen molar-refractivity contribution in [3.63, 3.8) is 0 Å². The Kier molecular flexibility index (Phi) is 4.60. The van der Waals surface area contributed by atoms with Gasteiger partial charge in [0.25, 0.3) is 0 Å². The molecule has 0 fully saturated rings. The van der Waals surface area contributed by atoms with E-state index in [0.29, 0.717) is 12.3 Å².